The molecule has 0 aliphatic carbocycles. The van der Waals surface area contributed by atoms with Crippen LogP contribution in [-0.4, -0.2) is 10.2 Å². The van der Waals surface area contributed by atoms with E-state index in [1.54, 1.807) is 12.1 Å². The lowest BCUT2D eigenvalue weighted by molar-refractivity contribution is 0.476. The molecule has 0 saturated carbocycles. The molecule has 0 aliphatic rings. The van der Waals surface area contributed by atoms with Crippen LogP contribution in [0.1, 0.15) is 16.7 Å². The summed E-state index contributed by atoms with van der Waals surface area (Å²) >= 11 is 0. The second-order valence-electron chi connectivity index (χ2n) is 5.90. The van der Waals surface area contributed by atoms with E-state index in [1.807, 2.05) is 36.4 Å². The number of phenolic OH excluding ortho intramolecular Hbond substituents is 2. The molecule has 0 unspecified atom stereocenters. The minimum atomic E-state index is 0.242. The predicted molar refractivity (Wildman–Crippen MR) is 94.9 cm³/mol. The van der Waals surface area contributed by atoms with Crippen LogP contribution < -0.4 is 0 Å². The van der Waals surface area contributed by atoms with Gasteiger partial charge < -0.3 is 10.2 Å². The van der Waals surface area contributed by atoms with Gasteiger partial charge in [0.05, 0.1) is 0 Å². The van der Waals surface area contributed by atoms with E-state index in [1.165, 1.54) is 11.1 Å². The lowest BCUT2D eigenvalue weighted by atomic mass is 9.86. The molecule has 0 spiro atoms. The smallest absolute Gasteiger partial charge is 0.123 e. The molecule has 0 bridgehead atoms. The van der Waals surface area contributed by atoms with Crippen LogP contribution in [0.3, 0.4) is 0 Å². The highest BCUT2D eigenvalue weighted by Crippen LogP contribution is 2.43. The Kier molecular flexibility index (Phi) is 3.83. The van der Waals surface area contributed by atoms with E-state index in [9.17, 15) is 10.2 Å². The van der Waals surface area contributed by atoms with Gasteiger partial charge in [-0.15, -0.1) is 0 Å². The van der Waals surface area contributed by atoms with Gasteiger partial charge in [-0.05, 0) is 60.7 Å². The number of hydrogen-bond acceptors (Lipinski definition) is 2. The highest BCUT2D eigenvalue weighted by Gasteiger charge is 2.18. The van der Waals surface area contributed by atoms with Crippen LogP contribution in [0, 0.1) is 20.8 Å². The highest BCUT2D eigenvalue weighted by atomic mass is 16.3. The fraction of sp³-hybridized carbons (Fsp3) is 0.143. The maximum Gasteiger partial charge on any atom is 0.123 e. The van der Waals surface area contributed by atoms with Crippen LogP contribution >= 0.6 is 0 Å². The van der Waals surface area contributed by atoms with Crippen molar-refractivity contribution in [2.24, 2.45) is 0 Å². The molecule has 0 aromatic heterocycles. The molecule has 0 amide bonds. The molecule has 0 fully saturated rings. The van der Waals surface area contributed by atoms with E-state index in [-0.39, 0.29) is 11.5 Å². The number of phenols is 2. The van der Waals surface area contributed by atoms with Crippen molar-refractivity contribution in [1.29, 1.82) is 0 Å². The largest absolute Gasteiger partial charge is 0.507 e. The summed E-state index contributed by atoms with van der Waals surface area (Å²) < 4.78 is 0. The van der Waals surface area contributed by atoms with Gasteiger partial charge in [-0.3, -0.25) is 0 Å². The molecular weight excluding hydrogens is 284 g/mol. The van der Waals surface area contributed by atoms with Crippen molar-refractivity contribution in [3.05, 3.63) is 71.3 Å². The summed E-state index contributed by atoms with van der Waals surface area (Å²) in [5.41, 5.74) is 6.94. The number of para-hydroxylation sites is 2. The number of aryl methyl sites for hydroxylation is 1. The number of benzene rings is 3. The zero-order chi connectivity index (χ0) is 16.6. The summed E-state index contributed by atoms with van der Waals surface area (Å²) in [5, 5.41) is 20.6. The molecule has 23 heavy (non-hydrogen) atoms. The number of rotatable bonds is 2. The van der Waals surface area contributed by atoms with E-state index in [0.29, 0.717) is 0 Å². The molecule has 0 radical (unpaired) electrons. The Labute approximate surface area is 136 Å². The van der Waals surface area contributed by atoms with Gasteiger partial charge in [0, 0.05) is 11.1 Å². The van der Waals surface area contributed by atoms with Crippen LogP contribution in [0.4, 0.5) is 0 Å². The van der Waals surface area contributed by atoms with Gasteiger partial charge in [0.1, 0.15) is 11.5 Å². The first-order chi connectivity index (χ1) is 11.0. The molecular formula is C21H20O2. The van der Waals surface area contributed by atoms with Crippen molar-refractivity contribution < 1.29 is 10.2 Å². The maximum absolute atomic E-state index is 10.3. The first-order valence-corrected chi connectivity index (χ1v) is 7.68. The number of aromatic hydroxyl groups is 2. The van der Waals surface area contributed by atoms with E-state index in [0.717, 1.165) is 27.8 Å². The molecule has 0 atom stereocenters. The van der Waals surface area contributed by atoms with Crippen molar-refractivity contribution in [2.45, 2.75) is 20.8 Å². The first-order valence-electron chi connectivity index (χ1n) is 7.68. The van der Waals surface area contributed by atoms with Gasteiger partial charge in [0.25, 0.3) is 0 Å². The molecule has 116 valence electrons. The zero-order valence-corrected chi connectivity index (χ0v) is 13.6. The Morgan fingerprint density at radius 1 is 0.609 bits per heavy atom. The normalized spacial score (nSPS) is 10.7. The van der Waals surface area contributed by atoms with Crippen molar-refractivity contribution >= 4 is 0 Å². The molecule has 2 heteroatoms. The Morgan fingerprint density at radius 3 is 1.70 bits per heavy atom. The second-order valence-corrected chi connectivity index (χ2v) is 5.90. The summed E-state index contributed by atoms with van der Waals surface area (Å²) in [5.74, 6) is 0.488. The third-order valence-electron chi connectivity index (χ3n) is 4.53. The Morgan fingerprint density at radius 2 is 1.13 bits per heavy atom. The van der Waals surface area contributed by atoms with Crippen molar-refractivity contribution in [3.63, 3.8) is 0 Å². The first kappa shape index (κ1) is 15.2. The maximum atomic E-state index is 10.3. The van der Waals surface area contributed by atoms with Gasteiger partial charge in [0.2, 0.25) is 0 Å². The number of hydrogen-bond donors (Lipinski definition) is 2. The van der Waals surface area contributed by atoms with Gasteiger partial charge in [0.15, 0.2) is 0 Å². The molecule has 0 saturated heterocycles. The molecule has 3 aromatic carbocycles. The molecule has 0 aliphatic heterocycles. The monoisotopic (exact) mass is 304 g/mol. The average Bonchev–Trinajstić information content (AvgIpc) is 2.54. The van der Waals surface area contributed by atoms with Crippen LogP contribution in [0.5, 0.6) is 11.5 Å². The Hall–Kier alpha value is -2.74. The van der Waals surface area contributed by atoms with Gasteiger partial charge in [-0.2, -0.15) is 0 Å². The van der Waals surface area contributed by atoms with E-state index >= 15 is 0 Å². The standard InChI is InChI=1S/C21H20O2/c1-13-12-18(16-8-4-6-10-19(16)22)21(15(3)14(13)2)17-9-5-7-11-20(17)23/h4-12,22-23H,1-3H3. The minimum absolute atomic E-state index is 0.242. The van der Waals surface area contributed by atoms with Gasteiger partial charge >= 0.3 is 0 Å². The summed E-state index contributed by atoms with van der Waals surface area (Å²) in [7, 11) is 0. The van der Waals surface area contributed by atoms with Crippen LogP contribution in [0.25, 0.3) is 22.3 Å². The SMILES string of the molecule is Cc1cc(-c2ccccc2O)c(-c2ccccc2O)c(C)c1C. The van der Waals surface area contributed by atoms with Crippen molar-refractivity contribution in [3.8, 4) is 33.8 Å². The van der Waals surface area contributed by atoms with Crippen LogP contribution in [-0.2, 0) is 0 Å². The van der Waals surface area contributed by atoms with Crippen LogP contribution in [0.2, 0.25) is 0 Å². The Balaban J connectivity index is 2.41. The average molecular weight is 304 g/mol. The lowest BCUT2D eigenvalue weighted by Gasteiger charge is -2.19. The summed E-state index contributed by atoms with van der Waals surface area (Å²) in [6.45, 7) is 6.22. The fourth-order valence-electron chi connectivity index (χ4n) is 3.03. The third-order valence-corrected chi connectivity index (χ3v) is 4.53. The lowest BCUT2D eigenvalue weighted by Crippen LogP contribution is -1.96. The molecule has 2 N–H and O–H groups in total. The third kappa shape index (κ3) is 2.57. The Bertz CT molecular complexity index is 879. The molecule has 0 heterocycles. The molecule has 3 aromatic rings. The fourth-order valence-corrected chi connectivity index (χ4v) is 3.03. The van der Waals surface area contributed by atoms with Gasteiger partial charge in [-0.25, -0.2) is 0 Å². The van der Waals surface area contributed by atoms with Gasteiger partial charge in [-0.1, -0.05) is 42.5 Å². The molecule has 3 rings (SSSR count). The predicted octanol–water partition coefficient (Wildman–Crippen LogP) is 5.36. The topological polar surface area (TPSA) is 40.5 Å². The summed E-state index contributed by atoms with van der Waals surface area (Å²) in [6, 6.07) is 16.7. The molecule has 2 nitrogen and oxygen atoms in total. The van der Waals surface area contributed by atoms with E-state index in [4.69, 9.17) is 0 Å². The van der Waals surface area contributed by atoms with Crippen LogP contribution in [0.15, 0.2) is 54.6 Å². The quantitative estimate of drug-likeness (QED) is 0.669. The van der Waals surface area contributed by atoms with E-state index < -0.39 is 0 Å². The minimum Gasteiger partial charge on any atom is -0.507 e. The summed E-state index contributed by atoms with van der Waals surface area (Å²) in [6.07, 6.45) is 0. The van der Waals surface area contributed by atoms with Crippen molar-refractivity contribution in [2.75, 3.05) is 0 Å². The zero-order valence-electron chi connectivity index (χ0n) is 13.6. The van der Waals surface area contributed by atoms with Crippen molar-refractivity contribution in [1.82, 2.24) is 0 Å². The second kappa shape index (κ2) is 5.81. The summed E-state index contributed by atoms with van der Waals surface area (Å²) in [4.78, 5) is 0. The highest BCUT2D eigenvalue weighted by molar-refractivity contribution is 5.91. The van der Waals surface area contributed by atoms with E-state index in [2.05, 4.69) is 26.8 Å².